The van der Waals surface area contributed by atoms with Crippen molar-refractivity contribution >= 4 is 11.6 Å². The van der Waals surface area contributed by atoms with Crippen molar-refractivity contribution in [2.45, 2.75) is 25.9 Å². The largest absolute Gasteiger partial charge is 0.297 e. The number of piperazine rings is 1. The molecule has 1 heterocycles. The lowest BCUT2D eigenvalue weighted by Crippen LogP contribution is -2.60. The zero-order chi connectivity index (χ0) is 23.2. The number of hydrogen-bond donors (Lipinski definition) is 0. The third kappa shape index (κ3) is 3.62. The molecule has 0 N–H and O–H groups in total. The van der Waals surface area contributed by atoms with Crippen molar-refractivity contribution in [2.75, 3.05) is 26.2 Å². The van der Waals surface area contributed by atoms with Gasteiger partial charge in [-0.3, -0.25) is 19.4 Å². The lowest BCUT2D eigenvalue weighted by molar-refractivity contribution is 0.0278. The number of rotatable bonds is 4. The minimum atomic E-state index is -1.51. The number of hydrogen-bond acceptors (Lipinski definition) is 4. The zero-order valence-electron chi connectivity index (χ0n) is 19.0. The summed E-state index contributed by atoms with van der Waals surface area (Å²) in [6.45, 7) is 7.24. The van der Waals surface area contributed by atoms with E-state index in [1.807, 2.05) is 4.90 Å². The predicted molar refractivity (Wildman–Crippen MR) is 126 cm³/mol. The summed E-state index contributed by atoms with van der Waals surface area (Å²) in [5.41, 5.74) is 2.94. The van der Waals surface area contributed by atoms with Crippen LogP contribution in [0.5, 0.6) is 0 Å². The second-order valence-electron chi connectivity index (χ2n) is 9.18. The van der Waals surface area contributed by atoms with E-state index in [0.29, 0.717) is 35.3 Å². The summed E-state index contributed by atoms with van der Waals surface area (Å²) in [5.74, 6) is -0.931. The van der Waals surface area contributed by atoms with Gasteiger partial charge < -0.3 is 0 Å². The molecule has 5 heteroatoms. The van der Waals surface area contributed by atoms with Crippen LogP contribution in [-0.4, -0.2) is 47.5 Å². The number of carbonyl (C=O) groups is 2. The molecule has 1 aliphatic carbocycles. The van der Waals surface area contributed by atoms with Crippen molar-refractivity contribution in [3.8, 4) is 0 Å². The van der Waals surface area contributed by atoms with E-state index in [1.165, 1.54) is 23.3 Å². The van der Waals surface area contributed by atoms with Crippen LogP contribution in [0.1, 0.15) is 43.0 Å². The van der Waals surface area contributed by atoms with Gasteiger partial charge in [0.2, 0.25) is 0 Å². The van der Waals surface area contributed by atoms with E-state index < -0.39 is 11.4 Å². The van der Waals surface area contributed by atoms with E-state index in [0.717, 1.165) is 19.6 Å². The highest BCUT2D eigenvalue weighted by Gasteiger charge is 2.58. The quantitative estimate of drug-likeness (QED) is 0.557. The fraction of sp³-hybridized carbons (Fsp3) is 0.286. The number of fused-ring (bicyclic) bond motifs is 1. The Balaban J connectivity index is 1.50. The van der Waals surface area contributed by atoms with Crippen molar-refractivity contribution in [3.63, 3.8) is 0 Å². The smallest absolute Gasteiger partial charge is 0.196 e. The van der Waals surface area contributed by atoms with Crippen LogP contribution < -0.4 is 0 Å². The highest BCUT2D eigenvalue weighted by molar-refractivity contribution is 6.32. The molecule has 0 unspecified atom stereocenters. The SMILES string of the molecule is Cc1cccc(CN2CCN(C3(c4cc(C)cc(F)c4)C(=O)c4ccccc4C3=O)CC2)c1. The molecule has 0 radical (unpaired) electrons. The second kappa shape index (κ2) is 8.32. The molecule has 33 heavy (non-hydrogen) atoms. The number of halogens is 1. The van der Waals surface area contributed by atoms with E-state index >= 15 is 0 Å². The maximum absolute atomic E-state index is 14.5. The monoisotopic (exact) mass is 442 g/mol. The van der Waals surface area contributed by atoms with Gasteiger partial charge in [0.25, 0.3) is 0 Å². The Morgan fingerprint density at radius 1 is 0.788 bits per heavy atom. The Morgan fingerprint density at radius 2 is 1.45 bits per heavy atom. The summed E-state index contributed by atoms with van der Waals surface area (Å²) >= 11 is 0. The molecule has 168 valence electrons. The fourth-order valence-corrected chi connectivity index (χ4v) is 5.36. The van der Waals surface area contributed by atoms with Crippen LogP contribution in [0.4, 0.5) is 4.39 Å². The van der Waals surface area contributed by atoms with Crippen LogP contribution in [0, 0.1) is 19.7 Å². The lowest BCUT2D eigenvalue weighted by atomic mass is 9.81. The van der Waals surface area contributed by atoms with Crippen molar-refractivity contribution in [1.29, 1.82) is 0 Å². The molecule has 4 nitrogen and oxygen atoms in total. The molecule has 1 aliphatic heterocycles. The van der Waals surface area contributed by atoms with Crippen molar-refractivity contribution in [1.82, 2.24) is 9.80 Å². The molecule has 0 amide bonds. The molecule has 3 aromatic rings. The van der Waals surface area contributed by atoms with E-state index in [1.54, 1.807) is 37.3 Å². The van der Waals surface area contributed by atoms with Crippen LogP contribution >= 0.6 is 0 Å². The average Bonchev–Trinajstić information content (AvgIpc) is 3.02. The summed E-state index contributed by atoms with van der Waals surface area (Å²) in [7, 11) is 0. The minimum absolute atomic E-state index is 0.250. The number of carbonyl (C=O) groups excluding carboxylic acids is 2. The van der Waals surface area contributed by atoms with Crippen LogP contribution in [0.25, 0.3) is 0 Å². The van der Waals surface area contributed by atoms with Crippen molar-refractivity contribution < 1.29 is 14.0 Å². The maximum Gasteiger partial charge on any atom is 0.196 e. The topological polar surface area (TPSA) is 40.6 Å². The third-order valence-corrected chi connectivity index (χ3v) is 6.87. The van der Waals surface area contributed by atoms with Gasteiger partial charge in [0.1, 0.15) is 5.82 Å². The number of nitrogens with zero attached hydrogens (tertiary/aromatic N) is 2. The van der Waals surface area contributed by atoms with Crippen LogP contribution in [0.15, 0.2) is 66.7 Å². The summed E-state index contributed by atoms with van der Waals surface area (Å²) in [6, 6.07) is 20.0. The fourth-order valence-electron chi connectivity index (χ4n) is 5.36. The van der Waals surface area contributed by atoms with Crippen LogP contribution in [-0.2, 0) is 12.1 Å². The van der Waals surface area contributed by atoms with E-state index in [4.69, 9.17) is 0 Å². The normalized spacial score (nSPS) is 18.5. The number of ketones is 2. The van der Waals surface area contributed by atoms with Gasteiger partial charge >= 0.3 is 0 Å². The molecule has 1 saturated heterocycles. The molecule has 0 atom stereocenters. The first-order valence-electron chi connectivity index (χ1n) is 11.4. The highest BCUT2D eigenvalue weighted by Crippen LogP contribution is 2.43. The molecule has 3 aromatic carbocycles. The standard InChI is InChI=1S/C28H27FN2O2/c1-19-6-5-7-21(14-19)18-30-10-12-31(13-11-30)28(22-15-20(2)16-23(29)17-22)26(32)24-8-3-4-9-25(24)27(28)33/h3-9,14-17H,10-13,18H2,1-2H3. The molecule has 0 spiro atoms. The molecule has 0 saturated carbocycles. The summed E-state index contributed by atoms with van der Waals surface area (Å²) in [5, 5.41) is 0. The Hall–Kier alpha value is -3.15. The van der Waals surface area contributed by atoms with Gasteiger partial charge in [0.15, 0.2) is 17.1 Å². The van der Waals surface area contributed by atoms with Crippen LogP contribution in [0.2, 0.25) is 0 Å². The van der Waals surface area contributed by atoms with Gasteiger partial charge in [-0.1, -0.05) is 60.2 Å². The second-order valence-corrected chi connectivity index (χ2v) is 9.18. The Kier molecular flexibility index (Phi) is 5.47. The number of benzene rings is 3. The maximum atomic E-state index is 14.5. The average molecular weight is 443 g/mol. The molecular weight excluding hydrogens is 415 g/mol. The lowest BCUT2D eigenvalue weighted by Gasteiger charge is -2.44. The third-order valence-electron chi connectivity index (χ3n) is 6.87. The number of aryl methyl sites for hydroxylation is 2. The zero-order valence-corrected chi connectivity index (χ0v) is 19.0. The Labute approximate surface area is 193 Å². The van der Waals surface area contributed by atoms with Gasteiger partial charge in [0.05, 0.1) is 0 Å². The van der Waals surface area contributed by atoms with E-state index in [9.17, 15) is 14.0 Å². The molecule has 0 aromatic heterocycles. The predicted octanol–water partition coefficient (Wildman–Crippen LogP) is 4.53. The molecule has 0 bridgehead atoms. The Morgan fingerprint density at radius 3 is 2.06 bits per heavy atom. The minimum Gasteiger partial charge on any atom is -0.297 e. The van der Waals surface area contributed by atoms with Gasteiger partial charge in [-0.2, -0.15) is 0 Å². The Bertz CT molecular complexity index is 1190. The molecule has 5 rings (SSSR count). The van der Waals surface area contributed by atoms with E-state index in [2.05, 4.69) is 36.1 Å². The molecule has 1 fully saturated rings. The van der Waals surface area contributed by atoms with Gasteiger partial charge in [0, 0.05) is 43.9 Å². The van der Waals surface area contributed by atoms with Crippen molar-refractivity contribution in [3.05, 3.63) is 106 Å². The van der Waals surface area contributed by atoms with E-state index in [-0.39, 0.29) is 11.6 Å². The van der Waals surface area contributed by atoms with Crippen molar-refractivity contribution in [2.24, 2.45) is 0 Å². The summed E-state index contributed by atoms with van der Waals surface area (Å²) in [4.78, 5) is 32.0. The van der Waals surface area contributed by atoms with Gasteiger partial charge in [-0.25, -0.2) is 4.39 Å². The summed E-state index contributed by atoms with van der Waals surface area (Å²) in [6.07, 6.45) is 0. The highest BCUT2D eigenvalue weighted by atomic mass is 19.1. The summed E-state index contributed by atoms with van der Waals surface area (Å²) < 4.78 is 14.5. The first kappa shape index (κ1) is 21.7. The first-order chi connectivity index (χ1) is 15.9. The van der Waals surface area contributed by atoms with Gasteiger partial charge in [-0.15, -0.1) is 0 Å². The first-order valence-corrected chi connectivity index (χ1v) is 11.4. The van der Waals surface area contributed by atoms with Crippen LogP contribution in [0.3, 0.4) is 0 Å². The van der Waals surface area contributed by atoms with Gasteiger partial charge in [-0.05, 0) is 42.7 Å². The number of Topliss-reactive ketones (excluding diaryl/α,β-unsaturated/α-hetero) is 2. The molecule has 2 aliphatic rings. The molecular formula is C28H27FN2O2.